The first-order valence-corrected chi connectivity index (χ1v) is 8.18. The Morgan fingerprint density at radius 3 is 2.62 bits per heavy atom. The van der Waals surface area contributed by atoms with Gasteiger partial charge in [-0.05, 0) is 24.5 Å². The summed E-state index contributed by atoms with van der Waals surface area (Å²) in [7, 11) is 0. The minimum Gasteiger partial charge on any atom is -0.391 e. The molecule has 0 spiro atoms. The van der Waals surface area contributed by atoms with E-state index >= 15 is 0 Å². The second kappa shape index (κ2) is 6.37. The number of carbonyl (C=O) groups is 1. The predicted octanol–water partition coefficient (Wildman–Crippen LogP) is 1.82. The van der Waals surface area contributed by atoms with E-state index in [0.29, 0.717) is 38.0 Å². The van der Waals surface area contributed by atoms with Crippen LogP contribution < -0.4 is 10.6 Å². The Morgan fingerprint density at radius 2 is 2.08 bits per heavy atom. The first-order valence-electron chi connectivity index (χ1n) is 8.18. The van der Waals surface area contributed by atoms with Crippen LogP contribution in [0.15, 0.2) is 24.3 Å². The van der Waals surface area contributed by atoms with Crippen LogP contribution in [0.3, 0.4) is 0 Å². The number of halogens is 3. The van der Waals surface area contributed by atoms with E-state index in [1.54, 1.807) is 6.07 Å². The molecule has 1 saturated heterocycles. The minimum atomic E-state index is -4.42. The number of benzene rings is 1. The maximum absolute atomic E-state index is 12.9. The molecule has 0 aromatic heterocycles. The van der Waals surface area contributed by atoms with E-state index in [0.717, 1.165) is 18.6 Å². The molecule has 4 nitrogen and oxygen atoms in total. The van der Waals surface area contributed by atoms with Crippen LogP contribution in [0.2, 0.25) is 0 Å². The van der Waals surface area contributed by atoms with Gasteiger partial charge < -0.3 is 15.7 Å². The first-order chi connectivity index (χ1) is 11.3. The lowest BCUT2D eigenvalue weighted by Crippen LogP contribution is -2.51. The molecule has 3 N–H and O–H groups in total. The molecule has 1 aromatic carbocycles. The molecular formula is C17H21F3N2O2. The summed E-state index contributed by atoms with van der Waals surface area (Å²) in [5.74, 6) is -0.306. The van der Waals surface area contributed by atoms with Crippen molar-refractivity contribution in [3.05, 3.63) is 35.4 Å². The maximum Gasteiger partial charge on any atom is 0.416 e. The van der Waals surface area contributed by atoms with Crippen LogP contribution >= 0.6 is 0 Å². The van der Waals surface area contributed by atoms with Gasteiger partial charge in [0.15, 0.2) is 0 Å². The lowest BCUT2D eigenvalue weighted by atomic mass is 9.63. The molecule has 24 heavy (non-hydrogen) atoms. The number of amides is 1. The van der Waals surface area contributed by atoms with Crippen LogP contribution in [0, 0.1) is 5.92 Å². The number of hydrogen-bond acceptors (Lipinski definition) is 3. The Kier molecular flexibility index (Phi) is 4.57. The van der Waals surface area contributed by atoms with Crippen molar-refractivity contribution in [3.8, 4) is 0 Å². The molecule has 132 valence electrons. The molecule has 1 aromatic rings. The molecule has 3 rings (SSSR count). The van der Waals surface area contributed by atoms with Crippen LogP contribution in [-0.4, -0.2) is 36.8 Å². The average molecular weight is 342 g/mol. The fourth-order valence-corrected chi connectivity index (χ4v) is 3.49. The summed E-state index contributed by atoms with van der Waals surface area (Å²) in [5, 5.41) is 15.7. The molecule has 1 aliphatic carbocycles. The largest absolute Gasteiger partial charge is 0.416 e. The molecule has 7 heteroatoms. The quantitative estimate of drug-likeness (QED) is 0.782. The van der Waals surface area contributed by atoms with Crippen molar-refractivity contribution >= 4 is 5.91 Å². The summed E-state index contributed by atoms with van der Waals surface area (Å²) in [5.41, 5.74) is -1.18. The summed E-state index contributed by atoms with van der Waals surface area (Å²) in [6.07, 6.45) is -3.01. The Labute approximate surface area is 138 Å². The molecule has 2 unspecified atom stereocenters. The molecule has 0 bridgehead atoms. The van der Waals surface area contributed by atoms with E-state index in [1.807, 2.05) is 0 Å². The number of aliphatic hydroxyl groups excluding tert-OH is 1. The van der Waals surface area contributed by atoms with Crippen LogP contribution in [-0.2, 0) is 16.4 Å². The van der Waals surface area contributed by atoms with E-state index in [2.05, 4.69) is 10.6 Å². The van der Waals surface area contributed by atoms with Gasteiger partial charge in [0.1, 0.15) is 0 Å². The van der Waals surface area contributed by atoms with Gasteiger partial charge in [-0.2, -0.15) is 13.2 Å². The zero-order valence-corrected chi connectivity index (χ0v) is 13.2. The fourth-order valence-electron chi connectivity index (χ4n) is 3.49. The van der Waals surface area contributed by atoms with Gasteiger partial charge in [0.05, 0.1) is 17.1 Å². The second-order valence-electron chi connectivity index (χ2n) is 6.71. The average Bonchev–Trinajstić information content (AvgIpc) is 2.89. The topological polar surface area (TPSA) is 61.4 Å². The van der Waals surface area contributed by atoms with Crippen LogP contribution in [0.4, 0.5) is 13.2 Å². The van der Waals surface area contributed by atoms with Crippen molar-refractivity contribution in [3.63, 3.8) is 0 Å². The van der Waals surface area contributed by atoms with E-state index in [1.165, 1.54) is 6.07 Å². The molecule has 2 fully saturated rings. The number of rotatable bonds is 4. The Morgan fingerprint density at radius 1 is 1.33 bits per heavy atom. The smallest absolute Gasteiger partial charge is 0.391 e. The first kappa shape index (κ1) is 17.2. The molecular weight excluding hydrogens is 321 g/mol. The number of aliphatic hydroxyl groups is 1. The van der Waals surface area contributed by atoms with Crippen molar-refractivity contribution in [2.24, 2.45) is 5.92 Å². The van der Waals surface area contributed by atoms with Gasteiger partial charge in [0.25, 0.3) is 0 Å². The summed E-state index contributed by atoms with van der Waals surface area (Å²) < 4.78 is 38.8. The lowest BCUT2D eigenvalue weighted by molar-refractivity contribution is -0.138. The van der Waals surface area contributed by atoms with Crippen molar-refractivity contribution in [2.45, 2.75) is 37.0 Å². The number of carbonyl (C=O) groups excluding carboxylic acids is 1. The SMILES string of the molecule is O=C(NCC1CNCC1O)C1(c2cccc(C(F)(F)F)c2)CCC1. The highest BCUT2D eigenvalue weighted by Gasteiger charge is 2.46. The Balaban J connectivity index is 1.75. The summed E-state index contributed by atoms with van der Waals surface area (Å²) in [4.78, 5) is 12.7. The molecule has 1 aliphatic heterocycles. The molecule has 1 heterocycles. The van der Waals surface area contributed by atoms with E-state index < -0.39 is 23.3 Å². The van der Waals surface area contributed by atoms with Gasteiger partial charge in [-0.1, -0.05) is 24.6 Å². The standard InChI is InChI=1S/C17H21F3N2O2/c18-17(19,20)13-4-1-3-12(7-13)16(5-2-6-16)15(24)22-9-11-8-21-10-14(11)23/h1,3-4,7,11,14,21,23H,2,5-6,8-10H2,(H,22,24). The molecule has 2 aliphatic rings. The highest BCUT2D eigenvalue weighted by molar-refractivity contribution is 5.89. The number of alkyl halides is 3. The number of hydrogen-bond donors (Lipinski definition) is 3. The molecule has 1 amide bonds. The summed E-state index contributed by atoms with van der Waals surface area (Å²) in [6.45, 7) is 1.45. The van der Waals surface area contributed by atoms with E-state index in [-0.39, 0.29) is 11.8 Å². The summed E-state index contributed by atoms with van der Waals surface area (Å²) >= 11 is 0. The Hall–Kier alpha value is -1.60. The van der Waals surface area contributed by atoms with Crippen molar-refractivity contribution < 1.29 is 23.1 Å². The highest BCUT2D eigenvalue weighted by Crippen LogP contribution is 2.45. The van der Waals surface area contributed by atoms with Crippen molar-refractivity contribution in [1.29, 1.82) is 0 Å². The van der Waals surface area contributed by atoms with Gasteiger partial charge in [-0.3, -0.25) is 4.79 Å². The van der Waals surface area contributed by atoms with Gasteiger partial charge >= 0.3 is 6.18 Å². The highest BCUT2D eigenvalue weighted by atomic mass is 19.4. The van der Waals surface area contributed by atoms with Gasteiger partial charge in [0, 0.05) is 25.6 Å². The Bertz CT molecular complexity index is 614. The van der Waals surface area contributed by atoms with Crippen LogP contribution in [0.5, 0.6) is 0 Å². The van der Waals surface area contributed by atoms with Gasteiger partial charge in [-0.15, -0.1) is 0 Å². The molecule has 0 radical (unpaired) electrons. The lowest BCUT2D eigenvalue weighted by Gasteiger charge is -2.41. The molecule has 2 atom stereocenters. The zero-order valence-electron chi connectivity index (χ0n) is 13.2. The third-order valence-corrected chi connectivity index (χ3v) is 5.21. The summed E-state index contributed by atoms with van der Waals surface area (Å²) in [6, 6.07) is 5.06. The molecule has 1 saturated carbocycles. The zero-order chi connectivity index (χ0) is 17.4. The third kappa shape index (κ3) is 3.15. The normalized spacial score (nSPS) is 26.0. The predicted molar refractivity (Wildman–Crippen MR) is 82.3 cm³/mol. The van der Waals surface area contributed by atoms with Crippen LogP contribution in [0.1, 0.15) is 30.4 Å². The van der Waals surface area contributed by atoms with Crippen LogP contribution in [0.25, 0.3) is 0 Å². The van der Waals surface area contributed by atoms with E-state index in [4.69, 9.17) is 0 Å². The fraction of sp³-hybridized carbons (Fsp3) is 0.588. The second-order valence-corrected chi connectivity index (χ2v) is 6.71. The number of nitrogens with one attached hydrogen (secondary N) is 2. The van der Waals surface area contributed by atoms with Crippen molar-refractivity contribution in [1.82, 2.24) is 10.6 Å². The third-order valence-electron chi connectivity index (χ3n) is 5.21. The van der Waals surface area contributed by atoms with E-state index in [9.17, 15) is 23.1 Å². The number of β-amino-alcohol motifs (C(OH)–C–C–N with tert-alkyl or cyclic N) is 1. The van der Waals surface area contributed by atoms with Gasteiger partial charge in [0.2, 0.25) is 5.91 Å². The van der Waals surface area contributed by atoms with Gasteiger partial charge in [-0.25, -0.2) is 0 Å². The van der Waals surface area contributed by atoms with Crippen molar-refractivity contribution in [2.75, 3.05) is 19.6 Å². The minimum absolute atomic E-state index is 0.0624. The monoisotopic (exact) mass is 342 g/mol. The maximum atomic E-state index is 12.9.